The molecular weight excluding hydrogens is 368 g/mol. The molecule has 0 atom stereocenters. The zero-order chi connectivity index (χ0) is 19.1. The van der Waals surface area contributed by atoms with E-state index in [2.05, 4.69) is 10.2 Å². The van der Waals surface area contributed by atoms with E-state index in [4.69, 9.17) is 25.5 Å². The fourth-order valence-corrected chi connectivity index (χ4v) is 2.33. The molecule has 0 bridgehead atoms. The van der Waals surface area contributed by atoms with Gasteiger partial charge in [0.05, 0.1) is 6.61 Å². The summed E-state index contributed by atoms with van der Waals surface area (Å²) in [7, 11) is 0. The number of halogens is 1. The molecule has 0 aliphatic rings. The average Bonchev–Trinajstić information content (AvgIpc) is 3.16. The van der Waals surface area contributed by atoms with Gasteiger partial charge in [-0.3, -0.25) is 0 Å². The van der Waals surface area contributed by atoms with Gasteiger partial charge in [-0.15, -0.1) is 10.2 Å². The predicted octanol–water partition coefficient (Wildman–Crippen LogP) is 4.55. The number of carbonyl (C=O) groups excluding carboxylic acids is 1. The summed E-state index contributed by atoms with van der Waals surface area (Å²) >= 11 is 5.85. The second-order valence-electron chi connectivity index (χ2n) is 5.45. The van der Waals surface area contributed by atoms with Gasteiger partial charge in [-0.05, 0) is 55.0 Å². The number of hydrogen-bond donors (Lipinski definition) is 0. The number of carbonyl (C=O) groups is 1. The number of aromatic nitrogens is 2. The number of hydrogen-bond acceptors (Lipinski definition) is 6. The summed E-state index contributed by atoms with van der Waals surface area (Å²) in [6.45, 7) is 2.43. The van der Waals surface area contributed by atoms with Gasteiger partial charge in [0.25, 0.3) is 5.89 Å². The zero-order valence-corrected chi connectivity index (χ0v) is 15.3. The summed E-state index contributed by atoms with van der Waals surface area (Å²) in [5.74, 6) is 0.825. The molecule has 0 spiro atoms. The Hall–Kier alpha value is -3.12. The van der Waals surface area contributed by atoms with E-state index in [1.807, 2.05) is 31.2 Å². The number of nitrogens with zero attached hydrogens (tertiary/aromatic N) is 2. The number of rotatable bonds is 7. The Labute approximate surface area is 161 Å². The predicted molar refractivity (Wildman–Crippen MR) is 101 cm³/mol. The fraction of sp³-hybridized carbons (Fsp3) is 0.150. The topological polar surface area (TPSA) is 74.5 Å². The lowest BCUT2D eigenvalue weighted by molar-refractivity contribution is -0.139. The third kappa shape index (κ3) is 5.43. The first-order valence-electron chi connectivity index (χ1n) is 8.30. The normalized spacial score (nSPS) is 10.9. The van der Waals surface area contributed by atoms with Crippen molar-refractivity contribution in [1.29, 1.82) is 0 Å². The van der Waals surface area contributed by atoms with Gasteiger partial charge in [-0.25, -0.2) is 4.79 Å². The third-order valence-electron chi connectivity index (χ3n) is 3.50. The molecule has 0 N–H and O–H groups in total. The van der Waals surface area contributed by atoms with E-state index in [-0.39, 0.29) is 12.5 Å². The Morgan fingerprint density at radius 2 is 1.85 bits per heavy atom. The first-order valence-corrected chi connectivity index (χ1v) is 8.68. The lowest BCUT2D eigenvalue weighted by Gasteiger charge is -2.02. The Morgan fingerprint density at radius 3 is 2.56 bits per heavy atom. The van der Waals surface area contributed by atoms with Crippen LogP contribution in [0.2, 0.25) is 5.02 Å². The maximum atomic E-state index is 11.8. The van der Waals surface area contributed by atoms with Crippen LogP contribution in [0.25, 0.3) is 17.5 Å². The van der Waals surface area contributed by atoms with E-state index in [0.29, 0.717) is 17.5 Å². The first-order chi connectivity index (χ1) is 13.1. The molecule has 1 aromatic heterocycles. The zero-order valence-electron chi connectivity index (χ0n) is 14.6. The number of benzene rings is 2. The molecule has 0 saturated heterocycles. The van der Waals surface area contributed by atoms with Crippen molar-refractivity contribution in [3.8, 4) is 17.2 Å². The maximum absolute atomic E-state index is 11.8. The standard InChI is InChI=1S/C20H17ClN2O4/c1-2-25-17-10-3-14(4-11-17)5-12-19(24)26-13-18-22-23-20(27-18)15-6-8-16(21)9-7-15/h3-12H,2,13H2,1H3/b12-5+. The van der Waals surface area contributed by atoms with Crippen molar-refractivity contribution in [1.82, 2.24) is 10.2 Å². The lowest BCUT2D eigenvalue weighted by Crippen LogP contribution is -2.00. The highest BCUT2D eigenvalue weighted by Gasteiger charge is 2.10. The van der Waals surface area contributed by atoms with E-state index in [0.717, 1.165) is 16.9 Å². The fourth-order valence-electron chi connectivity index (χ4n) is 2.21. The van der Waals surface area contributed by atoms with Crippen molar-refractivity contribution in [3.63, 3.8) is 0 Å². The Bertz CT molecular complexity index is 918. The molecule has 0 aliphatic heterocycles. The van der Waals surface area contributed by atoms with Crippen LogP contribution in [0.3, 0.4) is 0 Å². The Kier molecular flexibility index (Phi) is 6.22. The van der Waals surface area contributed by atoms with Gasteiger partial charge in [0, 0.05) is 16.7 Å². The highest BCUT2D eigenvalue weighted by Crippen LogP contribution is 2.20. The smallest absolute Gasteiger partial charge is 0.331 e. The molecule has 3 rings (SSSR count). The van der Waals surface area contributed by atoms with Gasteiger partial charge < -0.3 is 13.9 Å². The third-order valence-corrected chi connectivity index (χ3v) is 3.75. The molecule has 27 heavy (non-hydrogen) atoms. The summed E-state index contributed by atoms with van der Waals surface area (Å²) < 4.78 is 16.0. The van der Waals surface area contributed by atoms with E-state index in [1.165, 1.54) is 6.08 Å². The minimum absolute atomic E-state index is 0.104. The van der Waals surface area contributed by atoms with Crippen molar-refractivity contribution in [2.45, 2.75) is 13.5 Å². The average molecular weight is 385 g/mol. The molecule has 0 unspecified atom stereocenters. The van der Waals surface area contributed by atoms with Gasteiger partial charge in [0.1, 0.15) is 5.75 Å². The SMILES string of the molecule is CCOc1ccc(/C=C/C(=O)OCc2nnc(-c3ccc(Cl)cc3)o2)cc1. The van der Waals surface area contributed by atoms with Crippen LogP contribution in [0.4, 0.5) is 0 Å². The largest absolute Gasteiger partial charge is 0.494 e. The molecule has 1 heterocycles. The van der Waals surface area contributed by atoms with Gasteiger partial charge >= 0.3 is 5.97 Å². The van der Waals surface area contributed by atoms with Crippen molar-refractivity contribution >= 4 is 23.6 Å². The van der Waals surface area contributed by atoms with Gasteiger partial charge in [-0.2, -0.15) is 0 Å². The minimum atomic E-state index is -0.505. The van der Waals surface area contributed by atoms with Crippen LogP contribution in [0.15, 0.2) is 59.0 Å². The second kappa shape index (κ2) is 9.00. The summed E-state index contributed by atoms with van der Waals surface area (Å²) in [6.07, 6.45) is 3.00. The van der Waals surface area contributed by atoms with Crippen LogP contribution < -0.4 is 4.74 Å². The van der Waals surface area contributed by atoms with Crippen molar-refractivity contribution in [3.05, 3.63) is 71.1 Å². The second-order valence-corrected chi connectivity index (χ2v) is 5.89. The molecule has 2 aromatic carbocycles. The maximum Gasteiger partial charge on any atom is 0.331 e. The molecule has 138 valence electrons. The van der Waals surface area contributed by atoms with Crippen LogP contribution >= 0.6 is 11.6 Å². The monoisotopic (exact) mass is 384 g/mol. The molecule has 7 heteroatoms. The molecule has 6 nitrogen and oxygen atoms in total. The van der Waals surface area contributed by atoms with Crippen molar-refractivity contribution < 1.29 is 18.7 Å². The summed E-state index contributed by atoms with van der Waals surface area (Å²) in [6, 6.07) is 14.4. The molecule has 0 aliphatic carbocycles. The van der Waals surface area contributed by atoms with E-state index >= 15 is 0 Å². The molecule has 0 amide bonds. The Balaban J connectivity index is 1.52. The molecule has 0 fully saturated rings. The summed E-state index contributed by atoms with van der Waals surface area (Å²) in [5, 5.41) is 8.41. The quantitative estimate of drug-likeness (QED) is 0.439. The summed E-state index contributed by atoms with van der Waals surface area (Å²) in [4.78, 5) is 11.8. The first kappa shape index (κ1) is 18.7. The van der Waals surface area contributed by atoms with Gasteiger partial charge in [-0.1, -0.05) is 23.7 Å². The van der Waals surface area contributed by atoms with E-state index in [9.17, 15) is 4.79 Å². The van der Waals surface area contributed by atoms with Crippen LogP contribution in [0.1, 0.15) is 18.4 Å². The number of esters is 1. The van der Waals surface area contributed by atoms with Crippen LogP contribution in [0, 0.1) is 0 Å². The molecular formula is C20H17ClN2O4. The minimum Gasteiger partial charge on any atom is -0.494 e. The van der Waals surface area contributed by atoms with Crippen molar-refractivity contribution in [2.24, 2.45) is 0 Å². The van der Waals surface area contributed by atoms with Crippen LogP contribution in [-0.2, 0) is 16.1 Å². The highest BCUT2D eigenvalue weighted by atomic mass is 35.5. The molecule has 0 radical (unpaired) electrons. The lowest BCUT2D eigenvalue weighted by atomic mass is 10.2. The number of ether oxygens (including phenoxy) is 2. The van der Waals surface area contributed by atoms with E-state index < -0.39 is 5.97 Å². The van der Waals surface area contributed by atoms with Crippen LogP contribution in [-0.4, -0.2) is 22.8 Å². The van der Waals surface area contributed by atoms with Crippen LogP contribution in [0.5, 0.6) is 5.75 Å². The highest BCUT2D eigenvalue weighted by molar-refractivity contribution is 6.30. The van der Waals surface area contributed by atoms with E-state index in [1.54, 1.807) is 30.3 Å². The summed E-state index contributed by atoms with van der Waals surface area (Å²) in [5.41, 5.74) is 1.60. The van der Waals surface area contributed by atoms with Gasteiger partial charge in [0.2, 0.25) is 5.89 Å². The molecule has 3 aromatic rings. The molecule has 0 saturated carbocycles. The van der Waals surface area contributed by atoms with Gasteiger partial charge in [0.15, 0.2) is 6.61 Å². The van der Waals surface area contributed by atoms with Crippen molar-refractivity contribution in [2.75, 3.05) is 6.61 Å². The Morgan fingerprint density at radius 1 is 1.11 bits per heavy atom.